The number of hydrogen-bond donors (Lipinski definition) is 2. The van der Waals surface area contributed by atoms with Gasteiger partial charge in [-0.3, -0.25) is 4.79 Å². The molecular weight excluding hydrogens is 269 g/mol. The molecule has 0 saturated carbocycles. The van der Waals surface area contributed by atoms with E-state index in [0.29, 0.717) is 23.6 Å². The lowest BCUT2D eigenvalue weighted by atomic mass is 10.2. The van der Waals surface area contributed by atoms with E-state index in [0.717, 1.165) is 6.54 Å². The third kappa shape index (κ3) is 3.39. The van der Waals surface area contributed by atoms with Crippen LogP contribution in [0.15, 0.2) is 29.1 Å². The van der Waals surface area contributed by atoms with E-state index in [1.807, 2.05) is 6.92 Å². The third-order valence-corrected chi connectivity index (χ3v) is 2.83. The maximum Gasteiger partial charge on any atom is 0.251 e. The SMILES string of the molecule is CCNCc1cc(=O)[nH]c(-c2ccc(F)c(Cl)c2)n1. The first-order valence-corrected chi connectivity index (χ1v) is 6.24. The molecule has 0 aliphatic heterocycles. The van der Waals surface area contributed by atoms with Crippen molar-refractivity contribution in [1.29, 1.82) is 0 Å². The molecule has 0 aliphatic carbocycles. The number of nitrogens with one attached hydrogen (secondary N) is 2. The van der Waals surface area contributed by atoms with Gasteiger partial charge in [-0.1, -0.05) is 18.5 Å². The van der Waals surface area contributed by atoms with E-state index in [-0.39, 0.29) is 10.6 Å². The fraction of sp³-hybridized carbons (Fsp3) is 0.231. The molecule has 0 amide bonds. The molecule has 1 aromatic carbocycles. The summed E-state index contributed by atoms with van der Waals surface area (Å²) >= 11 is 5.72. The smallest absolute Gasteiger partial charge is 0.251 e. The maximum atomic E-state index is 13.1. The van der Waals surface area contributed by atoms with Gasteiger partial charge in [-0.2, -0.15) is 0 Å². The van der Waals surface area contributed by atoms with E-state index >= 15 is 0 Å². The average Bonchev–Trinajstić information content (AvgIpc) is 2.39. The molecule has 19 heavy (non-hydrogen) atoms. The molecule has 2 N–H and O–H groups in total. The Balaban J connectivity index is 2.40. The third-order valence-electron chi connectivity index (χ3n) is 2.54. The van der Waals surface area contributed by atoms with Crippen molar-refractivity contribution < 1.29 is 4.39 Å². The second-order valence-corrected chi connectivity index (χ2v) is 4.40. The Hall–Kier alpha value is -1.72. The van der Waals surface area contributed by atoms with Crippen LogP contribution in [0, 0.1) is 5.82 Å². The summed E-state index contributed by atoms with van der Waals surface area (Å²) in [4.78, 5) is 18.5. The molecule has 0 unspecified atom stereocenters. The van der Waals surface area contributed by atoms with Crippen molar-refractivity contribution >= 4 is 11.6 Å². The molecule has 100 valence electrons. The quantitative estimate of drug-likeness (QED) is 0.904. The van der Waals surface area contributed by atoms with E-state index < -0.39 is 5.82 Å². The lowest BCUT2D eigenvalue weighted by molar-refractivity contribution is 0.628. The highest BCUT2D eigenvalue weighted by Crippen LogP contribution is 2.21. The summed E-state index contributed by atoms with van der Waals surface area (Å²) in [5.74, 6) is -0.126. The fourth-order valence-corrected chi connectivity index (χ4v) is 1.81. The Bertz CT molecular complexity index is 642. The lowest BCUT2D eigenvalue weighted by Gasteiger charge is -2.05. The molecule has 0 fully saturated rings. The van der Waals surface area contributed by atoms with Gasteiger partial charge in [0.2, 0.25) is 0 Å². The van der Waals surface area contributed by atoms with E-state index in [1.54, 1.807) is 0 Å². The van der Waals surface area contributed by atoms with Gasteiger partial charge in [0.05, 0.1) is 10.7 Å². The minimum absolute atomic E-state index is 0.00256. The van der Waals surface area contributed by atoms with E-state index in [9.17, 15) is 9.18 Å². The highest BCUT2D eigenvalue weighted by molar-refractivity contribution is 6.31. The highest BCUT2D eigenvalue weighted by atomic mass is 35.5. The number of benzene rings is 1. The van der Waals surface area contributed by atoms with Gasteiger partial charge in [0.1, 0.15) is 11.6 Å². The van der Waals surface area contributed by atoms with Gasteiger partial charge in [-0.15, -0.1) is 0 Å². The number of nitrogens with zero attached hydrogens (tertiary/aromatic N) is 1. The maximum absolute atomic E-state index is 13.1. The fourth-order valence-electron chi connectivity index (χ4n) is 1.63. The van der Waals surface area contributed by atoms with Crippen molar-refractivity contribution in [3.8, 4) is 11.4 Å². The molecule has 0 saturated heterocycles. The number of aromatic nitrogens is 2. The molecule has 0 atom stereocenters. The Morgan fingerprint density at radius 1 is 1.42 bits per heavy atom. The largest absolute Gasteiger partial charge is 0.311 e. The monoisotopic (exact) mass is 281 g/mol. The van der Waals surface area contributed by atoms with Crippen LogP contribution in [0.25, 0.3) is 11.4 Å². The van der Waals surface area contributed by atoms with E-state index in [1.165, 1.54) is 24.3 Å². The van der Waals surface area contributed by atoms with Gasteiger partial charge >= 0.3 is 0 Å². The first kappa shape index (κ1) is 13.7. The van der Waals surface area contributed by atoms with Crippen LogP contribution in [-0.4, -0.2) is 16.5 Å². The molecule has 2 rings (SSSR count). The van der Waals surface area contributed by atoms with Gasteiger partial charge in [0.15, 0.2) is 0 Å². The van der Waals surface area contributed by atoms with E-state index in [4.69, 9.17) is 11.6 Å². The number of rotatable bonds is 4. The molecule has 0 aliphatic rings. The Labute approximate surface area is 114 Å². The van der Waals surface area contributed by atoms with Gasteiger partial charge in [0.25, 0.3) is 5.56 Å². The predicted octanol–water partition coefficient (Wildman–Crippen LogP) is 2.34. The highest BCUT2D eigenvalue weighted by Gasteiger charge is 2.07. The van der Waals surface area contributed by atoms with Gasteiger partial charge in [-0.05, 0) is 24.7 Å². The zero-order valence-corrected chi connectivity index (χ0v) is 11.1. The van der Waals surface area contributed by atoms with Gasteiger partial charge < -0.3 is 10.3 Å². The molecule has 2 aromatic rings. The zero-order valence-electron chi connectivity index (χ0n) is 10.3. The molecule has 6 heteroatoms. The van der Waals surface area contributed by atoms with E-state index in [2.05, 4.69) is 15.3 Å². The van der Waals surface area contributed by atoms with Crippen LogP contribution in [0.3, 0.4) is 0 Å². The predicted molar refractivity (Wildman–Crippen MR) is 72.6 cm³/mol. The second-order valence-electron chi connectivity index (χ2n) is 3.99. The van der Waals surface area contributed by atoms with Crippen LogP contribution in [0.2, 0.25) is 5.02 Å². The summed E-state index contributed by atoms with van der Waals surface area (Å²) in [5, 5.41) is 3.09. The van der Waals surface area contributed by atoms with Crippen molar-refractivity contribution in [3.05, 3.63) is 51.2 Å². The summed E-state index contributed by atoms with van der Waals surface area (Å²) in [6, 6.07) is 5.63. The van der Waals surface area contributed by atoms with Crippen LogP contribution < -0.4 is 10.9 Å². The van der Waals surface area contributed by atoms with Crippen molar-refractivity contribution in [2.24, 2.45) is 0 Å². The number of hydrogen-bond acceptors (Lipinski definition) is 3. The minimum atomic E-state index is -0.503. The Morgan fingerprint density at radius 3 is 2.89 bits per heavy atom. The Kier molecular flexibility index (Phi) is 4.29. The standard InChI is InChI=1S/C13H13ClFN3O/c1-2-16-7-9-6-12(19)18-13(17-9)8-3-4-11(15)10(14)5-8/h3-6,16H,2,7H2,1H3,(H,17,18,19). The van der Waals surface area contributed by atoms with Crippen molar-refractivity contribution in [2.45, 2.75) is 13.5 Å². The molecule has 0 radical (unpaired) electrons. The normalized spacial score (nSPS) is 10.7. The molecular formula is C13H13ClFN3O. The summed E-state index contributed by atoms with van der Waals surface area (Å²) in [6.45, 7) is 3.25. The summed E-state index contributed by atoms with van der Waals surface area (Å²) in [6.07, 6.45) is 0. The summed E-state index contributed by atoms with van der Waals surface area (Å²) < 4.78 is 13.1. The number of aromatic amines is 1. The molecule has 0 bridgehead atoms. The first-order chi connectivity index (χ1) is 9.10. The first-order valence-electron chi connectivity index (χ1n) is 5.86. The zero-order chi connectivity index (χ0) is 13.8. The van der Waals surface area contributed by atoms with Crippen LogP contribution in [0.5, 0.6) is 0 Å². The van der Waals surface area contributed by atoms with Crippen molar-refractivity contribution in [2.75, 3.05) is 6.54 Å². The average molecular weight is 282 g/mol. The lowest BCUT2D eigenvalue weighted by Crippen LogP contribution is -2.17. The number of H-pyrrole nitrogens is 1. The Morgan fingerprint density at radius 2 is 2.21 bits per heavy atom. The van der Waals surface area contributed by atoms with Crippen LogP contribution in [0.4, 0.5) is 4.39 Å². The van der Waals surface area contributed by atoms with Gasteiger partial charge in [0, 0.05) is 18.2 Å². The summed E-state index contributed by atoms with van der Waals surface area (Å²) in [5.41, 5.74) is 0.946. The van der Waals surface area contributed by atoms with Gasteiger partial charge in [-0.25, -0.2) is 9.37 Å². The van der Waals surface area contributed by atoms with Crippen LogP contribution in [0.1, 0.15) is 12.6 Å². The molecule has 1 heterocycles. The van der Waals surface area contributed by atoms with Crippen molar-refractivity contribution in [1.82, 2.24) is 15.3 Å². The topological polar surface area (TPSA) is 57.8 Å². The minimum Gasteiger partial charge on any atom is -0.311 e. The van der Waals surface area contributed by atoms with Crippen LogP contribution >= 0.6 is 11.6 Å². The molecule has 4 nitrogen and oxygen atoms in total. The second kappa shape index (κ2) is 5.95. The van der Waals surface area contributed by atoms with Crippen LogP contribution in [-0.2, 0) is 6.54 Å². The molecule has 0 spiro atoms. The number of halogens is 2. The van der Waals surface area contributed by atoms with Crippen molar-refractivity contribution in [3.63, 3.8) is 0 Å². The molecule has 1 aromatic heterocycles. The summed E-state index contributed by atoms with van der Waals surface area (Å²) in [7, 11) is 0.